The number of amides is 3. The van der Waals surface area contributed by atoms with Crippen LogP contribution in [0.3, 0.4) is 0 Å². The van der Waals surface area contributed by atoms with E-state index < -0.39 is 34.2 Å². The number of pyridine rings is 3. The highest BCUT2D eigenvalue weighted by Gasteiger charge is 2.44. The molecule has 2 N–H and O–H groups in total. The number of ether oxygens (including phenoxy) is 2. The van der Waals surface area contributed by atoms with Gasteiger partial charge in [0, 0.05) is 86.2 Å². The summed E-state index contributed by atoms with van der Waals surface area (Å²) in [6, 6.07) is 81.7. The van der Waals surface area contributed by atoms with Crippen LogP contribution >= 0.6 is 0 Å². The van der Waals surface area contributed by atoms with E-state index in [1.165, 1.54) is 18.3 Å². The maximum absolute atomic E-state index is 13.9. The summed E-state index contributed by atoms with van der Waals surface area (Å²) in [6.07, 6.45) is 4.71. The monoisotopic (exact) mass is 1390 g/mol. The average molecular weight is 1390 g/mol. The number of fused-ring (bicyclic) bond motifs is 3. The molecular weight excluding hydrogens is 1300 g/mol. The Morgan fingerprint density at radius 2 is 0.654 bits per heavy atom. The molecule has 3 atom stereocenters. The lowest BCUT2D eigenvalue weighted by atomic mass is 9.83. The van der Waals surface area contributed by atoms with Crippen molar-refractivity contribution in [3.05, 3.63) is 371 Å². The molecule has 17 heteroatoms. The predicted molar refractivity (Wildman–Crippen MR) is 402 cm³/mol. The summed E-state index contributed by atoms with van der Waals surface area (Å²) in [7, 11) is 0. The van der Waals surface area contributed by atoms with E-state index in [-0.39, 0.29) is 107 Å². The number of carbonyl (C=O) groups is 4. The average Bonchev–Trinajstić information content (AvgIpc) is 0.744. The van der Waals surface area contributed by atoms with Gasteiger partial charge in [-0.05, 0) is 86.1 Å². The molecule has 0 saturated carbocycles. The smallest absolute Gasteiger partial charge is 0.341 e. The maximum atomic E-state index is 13.9. The van der Waals surface area contributed by atoms with Crippen LogP contribution in [0.4, 0.5) is 0 Å². The van der Waals surface area contributed by atoms with E-state index in [1.807, 2.05) is 245 Å². The van der Waals surface area contributed by atoms with Gasteiger partial charge in [-0.3, -0.25) is 28.8 Å². The normalized spacial score (nSPS) is 15.4. The van der Waals surface area contributed by atoms with Crippen LogP contribution in [0.2, 0.25) is 0 Å². The van der Waals surface area contributed by atoms with Crippen molar-refractivity contribution in [2.24, 2.45) is 0 Å². The number of carboxylic acids is 1. The van der Waals surface area contributed by atoms with Crippen LogP contribution in [0.5, 0.6) is 17.2 Å². The van der Waals surface area contributed by atoms with E-state index in [0.29, 0.717) is 25.3 Å². The number of aromatic carboxylic acids is 1. The second-order valence-electron chi connectivity index (χ2n) is 27.1. The molecule has 0 radical (unpaired) electrons. The van der Waals surface area contributed by atoms with Gasteiger partial charge in [0.15, 0.2) is 34.3 Å². The molecule has 0 bridgehead atoms. The van der Waals surface area contributed by atoms with Gasteiger partial charge in [-0.15, -0.1) is 0 Å². The molecule has 6 heterocycles. The maximum Gasteiger partial charge on any atom is 0.341 e. The highest BCUT2D eigenvalue weighted by Crippen LogP contribution is 2.44. The minimum atomic E-state index is -1.37. The molecule has 3 aliphatic heterocycles. The molecule has 8 aromatic carbocycles. The highest BCUT2D eigenvalue weighted by molar-refractivity contribution is 5.99. The largest absolute Gasteiger partial charge is 0.503 e. The van der Waals surface area contributed by atoms with E-state index >= 15 is 0 Å². The van der Waals surface area contributed by atoms with Gasteiger partial charge >= 0.3 is 5.97 Å². The van der Waals surface area contributed by atoms with Crippen LogP contribution in [-0.2, 0) is 13.2 Å². The Kier molecular flexibility index (Phi) is 22.2. The van der Waals surface area contributed by atoms with Gasteiger partial charge in [0.05, 0.1) is 18.1 Å². The first-order valence-electron chi connectivity index (χ1n) is 35.2. The predicted octanol–water partition coefficient (Wildman–Crippen LogP) is 14.8. The second-order valence-corrected chi connectivity index (χ2v) is 27.1. The molecule has 3 aliphatic rings. The zero-order chi connectivity index (χ0) is 73.1. The van der Waals surface area contributed by atoms with Crippen LogP contribution in [0.25, 0.3) is 0 Å². The van der Waals surface area contributed by atoms with E-state index in [0.717, 1.165) is 44.5 Å². The third-order valence-corrected chi connectivity index (χ3v) is 19.7. The molecular formula is C87H84N6O11. The van der Waals surface area contributed by atoms with Gasteiger partial charge in [0.1, 0.15) is 18.8 Å². The zero-order valence-electron chi connectivity index (χ0n) is 59.0. The molecule has 104 heavy (non-hydrogen) atoms. The SMILES string of the molecule is CC(C)N1C[C@H](C(c2ccccc2)c2ccccc2)n2cc(C(=O)O)c(=O)c(OCc3ccccc3)c2C1=O.CC(C)N1C[C@H](C(c2ccccc2)c2ccccc2)n2ccc(=O)c(O)c2C1=O.CC(C)N1C[C@H](C(c2ccccc2)c2ccccc2)n2ccc(=O)c(OCc3ccccc3)c2C1=O. The number of benzene rings is 8. The molecule has 0 unspecified atom stereocenters. The fourth-order valence-corrected chi connectivity index (χ4v) is 14.5. The number of aromatic hydroxyl groups is 1. The van der Waals surface area contributed by atoms with Crippen molar-refractivity contribution in [2.45, 2.75) is 109 Å². The fraction of sp³-hybridized carbons (Fsp3) is 0.230. The molecule has 3 aromatic heterocycles. The minimum Gasteiger partial charge on any atom is -0.503 e. The molecule has 0 fully saturated rings. The molecule has 0 spiro atoms. The highest BCUT2D eigenvalue weighted by atomic mass is 16.5. The van der Waals surface area contributed by atoms with Crippen molar-refractivity contribution in [3.8, 4) is 17.2 Å². The Bertz CT molecular complexity index is 4860. The van der Waals surface area contributed by atoms with Gasteiger partial charge in [-0.25, -0.2) is 4.79 Å². The second kappa shape index (κ2) is 32.3. The Labute approximate surface area is 604 Å². The van der Waals surface area contributed by atoms with Crippen molar-refractivity contribution in [2.75, 3.05) is 19.6 Å². The van der Waals surface area contributed by atoms with Crippen LogP contribution in [0.15, 0.2) is 288 Å². The van der Waals surface area contributed by atoms with Crippen molar-refractivity contribution >= 4 is 23.7 Å². The first-order valence-corrected chi connectivity index (χ1v) is 35.2. The molecule has 14 rings (SSSR count). The quantitative estimate of drug-likeness (QED) is 0.0779. The first-order chi connectivity index (χ1) is 50.4. The molecule has 3 amide bonds. The number of hydrogen-bond acceptors (Lipinski definition) is 10. The van der Waals surface area contributed by atoms with E-state index in [1.54, 1.807) is 31.3 Å². The lowest BCUT2D eigenvalue weighted by Gasteiger charge is -2.42. The molecule has 0 saturated heterocycles. The summed E-state index contributed by atoms with van der Waals surface area (Å²) in [5.41, 5.74) is 6.70. The Balaban J connectivity index is 0.000000148. The summed E-state index contributed by atoms with van der Waals surface area (Å²) in [5.74, 6) is -3.13. The van der Waals surface area contributed by atoms with E-state index in [4.69, 9.17) is 9.47 Å². The number of aromatic nitrogens is 3. The van der Waals surface area contributed by atoms with Crippen molar-refractivity contribution in [1.29, 1.82) is 0 Å². The van der Waals surface area contributed by atoms with Crippen LogP contribution in [-0.4, -0.2) is 100 Å². The molecule has 0 aliphatic carbocycles. The third-order valence-electron chi connectivity index (χ3n) is 19.7. The Morgan fingerprint density at radius 3 is 0.981 bits per heavy atom. The Morgan fingerprint density at radius 1 is 0.375 bits per heavy atom. The number of carbonyl (C=O) groups excluding carboxylic acids is 3. The molecule has 11 aromatic rings. The number of rotatable bonds is 19. The van der Waals surface area contributed by atoms with Gasteiger partial charge in [-0.1, -0.05) is 243 Å². The zero-order valence-corrected chi connectivity index (χ0v) is 59.0. The molecule has 528 valence electrons. The third kappa shape index (κ3) is 15.2. The topological polar surface area (TPSA) is 203 Å². The summed E-state index contributed by atoms with van der Waals surface area (Å²) < 4.78 is 17.5. The van der Waals surface area contributed by atoms with Crippen LogP contribution in [0, 0.1) is 0 Å². The number of nitrogens with zero attached hydrogens (tertiary/aromatic N) is 6. The lowest BCUT2D eigenvalue weighted by Crippen LogP contribution is -2.49. The van der Waals surface area contributed by atoms with Crippen LogP contribution in [0.1, 0.15) is 164 Å². The van der Waals surface area contributed by atoms with Gasteiger partial charge < -0.3 is 48.1 Å². The van der Waals surface area contributed by atoms with Crippen molar-refractivity contribution < 1.29 is 38.9 Å². The summed E-state index contributed by atoms with van der Waals surface area (Å²) >= 11 is 0. The van der Waals surface area contributed by atoms with E-state index in [2.05, 4.69) is 48.5 Å². The standard InChI is InChI=1S/C32H30N2O5.C31H30N2O3.C24H24N2O3/c1-21(2)33-19-26(27(23-14-8-4-9-15-23)24-16-10-5-11-17-24)34-18-25(32(37)38)29(35)30(28(34)31(33)36)39-20-22-12-6-3-7-13-22;1-22(2)33-20-26(28(24-14-8-4-9-15-24)25-16-10-5-11-17-25)32-19-18-27(34)30(29(32)31(33)35)36-21-23-12-6-3-7-13-23;1-16(2)26-15-19(25-14-13-20(27)23(28)22(25)24(26)29)21(17-9-5-3-6-10-17)18-11-7-4-8-12-18/h3-18,21,26-27H,19-20H2,1-2H3,(H,37,38);3-19,22,26,28H,20-21H2,1-2H3;3-14,16,19,21,28H,15H2,1-2H3/t2*26-;19-/m111/s1. The first kappa shape index (κ1) is 71.7. The summed E-state index contributed by atoms with van der Waals surface area (Å²) in [6.45, 7) is 13.4. The van der Waals surface area contributed by atoms with Gasteiger partial charge in [0.2, 0.25) is 16.3 Å². The summed E-state index contributed by atoms with van der Waals surface area (Å²) in [5, 5.41) is 20.5. The minimum absolute atomic E-state index is 0.0204. The fourth-order valence-electron chi connectivity index (χ4n) is 14.5. The van der Waals surface area contributed by atoms with Crippen molar-refractivity contribution in [3.63, 3.8) is 0 Å². The van der Waals surface area contributed by atoms with Crippen LogP contribution < -0.4 is 25.8 Å². The van der Waals surface area contributed by atoms with Gasteiger partial charge in [0.25, 0.3) is 17.7 Å². The van der Waals surface area contributed by atoms with E-state index in [9.17, 15) is 43.8 Å². The number of hydrogen-bond donors (Lipinski definition) is 2. The summed E-state index contributed by atoms with van der Waals surface area (Å²) in [4.78, 5) is 96.9. The van der Waals surface area contributed by atoms with Crippen molar-refractivity contribution in [1.82, 2.24) is 28.4 Å². The Hall–Kier alpha value is -12.1. The lowest BCUT2D eigenvalue weighted by molar-refractivity contribution is 0.0574. The molecule has 17 nitrogen and oxygen atoms in total. The van der Waals surface area contributed by atoms with Gasteiger partial charge in [-0.2, -0.15) is 0 Å². The number of carboxylic acid groups (broad SMARTS) is 1.